The highest BCUT2D eigenvalue weighted by Gasteiger charge is 2.31. The smallest absolute Gasteiger partial charge is 0.244 e. The lowest BCUT2D eigenvalue weighted by molar-refractivity contribution is 0.199. The molecule has 0 spiro atoms. The van der Waals surface area contributed by atoms with Gasteiger partial charge in [-0.3, -0.25) is 9.88 Å². The quantitative estimate of drug-likeness (QED) is 0.711. The normalized spacial score (nSPS) is 17.7. The van der Waals surface area contributed by atoms with E-state index in [0.29, 0.717) is 11.7 Å². The van der Waals surface area contributed by atoms with Crippen LogP contribution in [0.15, 0.2) is 53.2 Å². The molecule has 0 amide bonds. The van der Waals surface area contributed by atoms with E-state index in [1.165, 1.54) is 0 Å². The van der Waals surface area contributed by atoms with E-state index >= 15 is 0 Å². The van der Waals surface area contributed by atoms with Gasteiger partial charge in [0.15, 0.2) is 0 Å². The Hall–Kier alpha value is -2.73. The van der Waals surface area contributed by atoms with Gasteiger partial charge in [-0.25, -0.2) is 0 Å². The number of ether oxygens (including phenoxy) is 1. The number of pyridine rings is 1. The van der Waals surface area contributed by atoms with Gasteiger partial charge in [0.05, 0.1) is 18.8 Å². The van der Waals surface area contributed by atoms with Crippen LogP contribution in [0.1, 0.15) is 30.5 Å². The van der Waals surface area contributed by atoms with Gasteiger partial charge < -0.3 is 9.26 Å². The van der Waals surface area contributed by atoms with E-state index in [4.69, 9.17) is 9.26 Å². The highest BCUT2D eigenvalue weighted by Crippen LogP contribution is 2.33. The van der Waals surface area contributed by atoms with Crippen LogP contribution in [0.25, 0.3) is 11.4 Å². The van der Waals surface area contributed by atoms with Crippen LogP contribution in [0, 0.1) is 0 Å². The van der Waals surface area contributed by atoms with E-state index in [9.17, 15) is 0 Å². The first-order valence-electron chi connectivity index (χ1n) is 8.45. The number of benzene rings is 1. The van der Waals surface area contributed by atoms with Crippen molar-refractivity contribution in [3.8, 4) is 17.1 Å². The van der Waals surface area contributed by atoms with Crippen molar-refractivity contribution in [1.82, 2.24) is 20.0 Å². The number of hydrogen-bond donors (Lipinski definition) is 0. The lowest BCUT2D eigenvalue weighted by atomic mass is 10.2. The zero-order valence-electron chi connectivity index (χ0n) is 14.1. The SMILES string of the molecule is COc1ccnc(CN2CCC[C@@H]2c2nc(-c3ccccc3)no2)c1. The summed E-state index contributed by atoms with van der Waals surface area (Å²) >= 11 is 0. The van der Waals surface area contributed by atoms with Gasteiger partial charge in [0, 0.05) is 24.4 Å². The van der Waals surface area contributed by atoms with Gasteiger partial charge in [0.25, 0.3) is 0 Å². The third-order valence-electron chi connectivity index (χ3n) is 4.51. The summed E-state index contributed by atoms with van der Waals surface area (Å²) in [6.45, 7) is 1.73. The van der Waals surface area contributed by atoms with Gasteiger partial charge in [-0.1, -0.05) is 35.5 Å². The van der Waals surface area contributed by atoms with Crippen molar-refractivity contribution >= 4 is 0 Å². The maximum atomic E-state index is 5.57. The maximum absolute atomic E-state index is 5.57. The van der Waals surface area contributed by atoms with E-state index in [1.807, 2.05) is 42.5 Å². The molecule has 6 heteroatoms. The van der Waals surface area contributed by atoms with E-state index in [0.717, 1.165) is 42.9 Å². The minimum Gasteiger partial charge on any atom is -0.497 e. The maximum Gasteiger partial charge on any atom is 0.244 e. The molecule has 2 aromatic heterocycles. The van der Waals surface area contributed by atoms with Crippen molar-refractivity contribution in [3.05, 3.63) is 60.2 Å². The van der Waals surface area contributed by atoms with Gasteiger partial charge >= 0.3 is 0 Å². The number of methoxy groups -OCH3 is 1. The summed E-state index contributed by atoms with van der Waals surface area (Å²) in [6.07, 6.45) is 3.90. The van der Waals surface area contributed by atoms with Crippen LogP contribution in [0.3, 0.4) is 0 Å². The first kappa shape index (κ1) is 15.8. The minimum atomic E-state index is 0.137. The Morgan fingerprint density at radius 2 is 2.12 bits per heavy atom. The van der Waals surface area contributed by atoms with Crippen LogP contribution >= 0.6 is 0 Å². The molecule has 1 saturated heterocycles. The monoisotopic (exact) mass is 336 g/mol. The molecular weight excluding hydrogens is 316 g/mol. The molecule has 0 bridgehead atoms. The molecule has 1 fully saturated rings. The van der Waals surface area contributed by atoms with Crippen LogP contribution in [-0.4, -0.2) is 33.7 Å². The molecule has 1 aliphatic heterocycles. The Morgan fingerprint density at radius 1 is 1.24 bits per heavy atom. The second-order valence-electron chi connectivity index (χ2n) is 6.14. The van der Waals surface area contributed by atoms with Crippen LogP contribution in [0.2, 0.25) is 0 Å². The number of hydrogen-bond acceptors (Lipinski definition) is 6. The van der Waals surface area contributed by atoms with Crippen LogP contribution in [0.4, 0.5) is 0 Å². The fourth-order valence-electron chi connectivity index (χ4n) is 3.25. The van der Waals surface area contributed by atoms with Crippen LogP contribution in [-0.2, 0) is 6.54 Å². The van der Waals surface area contributed by atoms with Crippen molar-refractivity contribution in [2.75, 3.05) is 13.7 Å². The van der Waals surface area contributed by atoms with Gasteiger partial charge in [-0.15, -0.1) is 0 Å². The van der Waals surface area contributed by atoms with Crippen molar-refractivity contribution in [1.29, 1.82) is 0 Å². The summed E-state index contributed by atoms with van der Waals surface area (Å²) < 4.78 is 10.9. The van der Waals surface area contributed by atoms with Crippen LogP contribution in [0.5, 0.6) is 5.75 Å². The molecule has 3 aromatic rings. The number of rotatable bonds is 5. The van der Waals surface area contributed by atoms with Crippen molar-refractivity contribution in [3.63, 3.8) is 0 Å². The molecule has 0 saturated carbocycles. The molecule has 0 aliphatic carbocycles. The number of aromatic nitrogens is 3. The topological polar surface area (TPSA) is 64.3 Å². The predicted molar refractivity (Wildman–Crippen MR) is 92.9 cm³/mol. The van der Waals surface area contributed by atoms with Gasteiger partial charge in [-0.05, 0) is 25.5 Å². The highest BCUT2D eigenvalue weighted by molar-refractivity contribution is 5.53. The molecular formula is C19H20N4O2. The summed E-state index contributed by atoms with van der Waals surface area (Å²) in [5.41, 5.74) is 1.95. The van der Waals surface area contributed by atoms with Gasteiger partial charge in [-0.2, -0.15) is 4.98 Å². The third kappa shape index (κ3) is 3.39. The zero-order valence-corrected chi connectivity index (χ0v) is 14.1. The first-order valence-corrected chi connectivity index (χ1v) is 8.45. The number of likely N-dealkylation sites (tertiary alicyclic amines) is 1. The summed E-state index contributed by atoms with van der Waals surface area (Å²) in [5, 5.41) is 4.15. The highest BCUT2D eigenvalue weighted by atomic mass is 16.5. The molecule has 0 N–H and O–H groups in total. The summed E-state index contributed by atoms with van der Waals surface area (Å²) in [7, 11) is 1.67. The molecule has 1 atom stereocenters. The summed E-state index contributed by atoms with van der Waals surface area (Å²) in [4.78, 5) is 11.4. The Kier molecular flexibility index (Phi) is 4.43. The molecule has 128 valence electrons. The molecule has 3 heterocycles. The first-order chi connectivity index (χ1) is 12.3. The van der Waals surface area contributed by atoms with Crippen molar-refractivity contribution in [2.24, 2.45) is 0 Å². The van der Waals surface area contributed by atoms with Crippen molar-refractivity contribution < 1.29 is 9.26 Å². The molecule has 0 unspecified atom stereocenters. The second-order valence-corrected chi connectivity index (χ2v) is 6.14. The minimum absolute atomic E-state index is 0.137. The molecule has 1 aliphatic rings. The molecule has 25 heavy (non-hydrogen) atoms. The fraction of sp³-hybridized carbons (Fsp3) is 0.316. The second kappa shape index (κ2) is 7.03. The average Bonchev–Trinajstić information content (AvgIpc) is 3.32. The number of nitrogens with zero attached hydrogens (tertiary/aromatic N) is 4. The Bertz CT molecular complexity index is 834. The Balaban J connectivity index is 1.52. The largest absolute Gasteiger partial charge is 0.497 e. The molecule has 4 rings (SSSR count). The lowest BCUT2D eigenvalue weighted by Crippen LogP contribution is -2.23. The molecule has 0 radical (unpaired) electrons. The van der Waals surface area contributed by atoms with E-state index in [2.05, 4.69) is 20.0 Å². The Morgan fingerprint density at radius 3 is 2.96 bits per heavy atom. The average molecular weight is 336 g/mol. The standard InChI is InChI=1S/C19H20N4O2/c1-24-16-9-10-20-15(12-16)13-23-11-5-8-17(23)19-21-18(22-25-19)14-6-3-2-4-7-14/h2-4,6-7,9-10,12,17H,5,8,11,13H2,1H3/t17-/m1/s1. The van der Waals surface area contributed by atoms with Crippen molar-refractivity contribution in [2.45, 2.75) is 25.4 Å². The van der Waals surface area contributed by atoms with Crippen LogP contribution < -0.4 is 4.74 Å². The third-order valence-corrected chi connectivity index (χ3v) is 4.51. The lowest BCUT2D eigenvalue weighted by Gasteiger charge is -2.21. The Labute approximate surface area is 146 Å². The molecule has 1 aromatic carbocycles. The van der Waals surface area contributed by atoms with E-state index in [-0.39, 0.29) is 6.04 Å². The van der Waals surface area contributed by atoms with E-state index < -0.39 is 0 Å². The fourth-order valence-corrected chi connectivity index (χ4v) is 3.25. The predicted octanol–water partition coefficient (Wildman–Crippen LogP) is 3.48. The summed E-state index contributed by atoms with van der Waals surface area (Å²) in [5.74, 6) is 2.14. The zero-order chi connectivity index (χ0) is 17.1. The molecule has 6 nitrogen and oxygen atoms in total. The van der Waals surface area contributed by atoms with E-state index in [1.54, 1.807) is 13.3 Å². The van der Waals surface area contributed by atoms with Gasteiger partial charge in [0.2, 0.25) is 11.7 Å². The van der Waals surface area contributed by atoms with Gasteiger partial charge in [0.1, 0.15) is 5.75 Å². The summed E-state index contributed by atoms with van der Waals surface area (Å²) in [6, 6.07) is 13.9.